The van der Waals surface area contributed by atoms with Crippen molar-refractivity contribution in [2.75, 3.05) is 6.61 Å². The third kappa shape index (κ3) is 3.01. The Morgan fingerprint density at radius 3 is 2.36 bits per heavy atom. The van der Waals surface area contributed by atoms with Crippen LogP contribution in [0.15, 0.2) is 57.7 Å². The van der Waals surface area contributed by atoms with Crippen LogP contribution in [0.2, 0.25) is 0 Å². The number of carbonyl (C=O) groups excluding carboxylic acids is 3. The molecular formula is C20H13NO7. The smallest absolute Gasteiger partial charge is 0.370 e. The number of nitrogens with zero attached hydrogens (tertiary/aromatic N) is 1. The molecule has 8 nitrogen and oxygen atoms in total. The van der Waals surface area contributed by atoms with Gasteiger partial charge in [0.25, 0.3) is 11.8 Å². The van der Waals surface area contributed by atoms with Gasteiger partial charge in [0.05, 0.1) is 11.1 Å². The van der Waals surface area contributed by atoms with E-state index in [0.29, 0.717) is 10.6 Å². The van der Waals surface area contributed by atoms with Gasteiger partial charge in [-0.3, -0.25) is 9.59 Å². The second-order valence-corrected chi connectivity index (χ2v) is 6.11. The van der Waals surface area contributed by atoms with E-state index in [1.165, 1.54) is 24.3 Å². The van der Waals surface area contributed by atoms with Crippen molar-refractivity contribution in [3.8, 4) is 5.75 Å². The first-order valence-corrected chi connectivity index (χ1v) is 8.30. The van der Waals surface area contributed by atoms with Crippen molar-refractivity contribution in [3.63, 3.8) is 0 Å². The lowest BCUT2D eigenvalue weighted by molar-refractivity contribution is -0.170. The number of carbonyl (C=O) groups is 3. The number of rotatable bonds is 4. The predicted octanol–water partition coefficient (Wildman–Crippen LogP) is 2.23. The molecule has 1 aliphatic heterocycles. The molecule has 28 heavy (non-hydrogen) atoms. The molecular weight excluding hydrogens is 366 g/mol. The number of ether oxygens (including phenoxy) is 1. The van der Waals surface area contributed by atoms with Gasteiger partial charge in [-0.15, -0.1) is 0 Å². The third-order valence-corrected chi connectivity index (χ3v) is 4.23. The quantitative estimate of drug-likeness (QED) is 0.506. The van der Waals surface area contributed by atoms with E-state index in [-0.39, 0.29) is 16.9 Å². The van der Waals surface area contributed by atoms with Crippen molar-refractivity contribution in [2.24, 2.45) is 0 Å². The fraction of sp³-hybridized carbons (Fsp3) is 0.100. The second-order valence-electron chi connectivity index (χ2n) is 6.11. The summed E-state index contributed by atoms with van der Waals surface area (Å²) in [5.41, 5.74) is 0.911. The highest BCUT2D eigenvalue weighted by molar-refractivity contribution is 6.20. The molecule has 0 saturated heterocycles. The molecule has 0 atom stereocenters. The van der Waals surface area contributed by atoms with E-state index in [1.807, 2.05) is 0 Å². The van der Waals surface area contributed by atoms with Crippen molar-refractivity contribution >= 4 is 28.8 Å². The maximum absolute atomic E-state index is 12.2. The fourth-order valence-corrected chi connectivity index (χ4v) is 2.92. The summed E-state index contributed by atoms with van der Waals surface area (Å²) in [7, 11) is 0. The molecule has 0 radical (unpaired) electrons. The molecule has 1 aromatic heterocycles. The monoisotopic (exact) mass is 379 g/mol. The van der Waals surface area contributed by atoms with Crippen LogP contribution in [0, 0.1) is 6.92 Å². The van der Waals surface area contributed by atoms with E-state index in [2.05, 4.69) is 0 Å². The van der Waals surface area contributed by atoms with Crippen LogP contribution in [0.5, 0.6) is 5.75 Å². The van der Waals surface area contributed by atoms with E-state index < -0.39 is 30.0 Å². The Kier molecular flexibility index (Phi) is 4.15. The van der Waals surface area contributed by atoms with Crippen LogP contribution in [0.25, 0.3) is 11.0 Å². The van der Waals surface area contributed by atoms with Crippen molar-refractivity contribution in [1.29, 1.82) is 0 Å². The van der Waals surface area contributed by atoms with Crippen LogP contribution in [-0.4, -0.2) is 29.5 Å². The predicted molar refractivity (Wildman–Crippen MR) is 95.8 cm³/mol. The van der Waals surface area contributed by atoms with E-state index >= 15 is 0 Å². The van der Waals surface area contributed by atoms with Gasteiger partial charge in [0.1, 0.15) is 11.3 Å². The van der Waals surface area contributed by atoms with Gasteiger partial charge in [-0.1, -0.05) is 17.2 Å². The van der Waals surface area contributed by atoms with Crippen LogP contribution in [0.3, 0.4) is 0 Å². The molecule has 140 valence electrons. The average molecular weight is 379 g/mol. The molecule has 2 aromatic carbocycles. The van der Waals surface area contributed by atoms with Crippen LogP contribution < -0.4 is 10.4 Å². The summed E-state index contributed by atoms with van der Waals surface area (Å²) in [6.07, 6.45) is 0. The van der Waals surface area contributed by atoms with Gasteiger partial charge in [-0.2, -0.15) is 0 Å². The molecule has 2 amide bonds. The SMILES string of the molecule is Cc1cc(=O)oc2cc(OCC(=O)ON3C(=O)c4ccccc4C3=O)ccc12. The zero-order valence-electron chi connectivity index (χ0n) is 14.6. The van der Waals surface area contributed by atoms with Crippen molar-refractivity contribution in [1.82, 2.24) is 5.06 Å². The Morgan fingerprint density at radius 1 is 1.00 bits per heavy atom. The third-order valence-electron chi connectivity index (χ3n) is 4.23. The first-order valence-electron chi connectivity index (χ1n) is 8.30. The lowest BCUT2D eigenvalue weighted by Crippen LogP contribution is -2.34. The minimum absolute atomic E-state index is 0.168. The lowest BCUT2D eigenvalue weighted by Gasteiger charge is -2.13. The second kappa shape index (κ2) is 6.66. The molecule has 2 heterocycles. The van der Waals surface area contributed by atoms with Crippen molar-refractivity contribution in [2.45, 2.75) is 6.92 Å². The zero-order valence-corrected chi connectivity index (χ0v) is 14.6. The molecule has 3 aromatic rings. The molecule has 0 fully saturated rings. The van der Waals surface area contributed by atoms with Gasteiger partial charge in [-0.05, 0) is 36.8 Å². The number of benzene rings is 2. The van der Waals surface area contributed by atoms with E-state index in [0.717, 1.165) is 10.9 Å². The highest BCUT2D eigenvalue weighted by atomic mass is 16.7. The maximum atomic E-state index is 12.2. The summed E-state index contributed by atoms with van der Waals surface area (Å²) in [5, 5.41) is 1.15. The van der Waals surface area contributed by atoms with Gasteiger partial charge in [0, 0.05) is 17.5 Å². The van der Waals surface area contributed by atoms with Crippen LogP contribution in [0.4, 0.5) is 0 Å². The fourth-order valence-electron chi connectivity index (χ4n) is 2.92. The summed E-state index contributed by atoms with van der Waals surface area (Å²) < 4.78 is 10.4. The minimum atomic E-state index is -0.930. The molecule has 0 aliphatic carbocycles. The summed E-state index contributed by atoms with van der Waals surface area (Å²) in [5.74, 6) is -2.09. The van der Waals surface area contributed by atoms with Gasteiger partial charge < -0.3 is 14.0 Å². The zero-order chi connectivity index (χ0) is 19.8. The van der Waals surface area contributed by atoms with E-state index in [1.54, 1.807) is 31.2 Å². The summed E-state index contributed by atoms with van der Waals surface area (Å²) in [6.45, 7) is 1.23. The van der Waals surface area contributed by atoms with Gasteiger partial charge in [0.15, 0.2) is 6.61 Å². The largest absolute Gasteiger partial charge is 0.482 e. The van der Waals surface area contributed by atoms with Gasteiger partial charge in [0.2, 0.25) is 0 Å². The number of imide groups is 1. The minimum Gasteiger partial charge on any atom is -0.482 e. The van der Waals surface area contributed by atoms with Crippen LogP contribution in [-0.2, 0) is 9.63 Å². The first-order chi connectivity index (χ1) is 13.4. The standard InChI is InChI=1S/C20H13NO7/c1-11-8-17(22)27-16-9-12(6-7-13(11)16)26-10-18(23)28-21-19(24)14-4-2-3-5-15(14)20(21)25/h2-9H,10H2,1H3. The normalized spacial score (nSPS) is 13.0. The van der Waals surface area contributed by atoms with Crippen molar-refractivity contribution < 1.29 is 28.4 Å². The number of hydrogen-bond acceptors (Lipinski definition) is 7. The molecule has 4 rings (SSSR count). The topological polar surface area (TPSA) is 103 Å². The van der Waals surface area contributed by atoms with E-state index in [4.69, 9.17) is 14.0 Å². The Labute approximate surface area is 157 Å². The Morgan fingerprint density at radius 2 is 1.68 bits per heavy atom. The van der Waals surface area contributed by atoms with Crippen LogP contribution >= 0.6 is 0 Å². The summed E-state index contributed by atoms with van der Waals surface area (Å²) in [4.78, 5) is 52.7. The molecule has 0 N–H and O–H groups in total. The number of aryl methyl sites for hydroxylation is 1. The van der Waals surface area contributed by atoms with Gasteiger partial charge in [-0.25, -0.2) is 9.59 Å². The Balaban J connectivity index is 1.44. The van der Waals surface area contributed by atoms with E-state index in [9.17, 15) is 19.2 Å². The Hall–Kier alpha value is -3.94. The van der Waals surface area contributed by atoms with Crippen molar-refractivity contribution in [3.05, 3.63) is 75.6 Å². The molecule has 0 saturated carbocycles. The lowest BCUT2D eigenvalue weighted by atomic mass is 10.1. The molecule has 0 bridgehead atoms. The molecule has 8 heteroatoms. The Bertz CT molecular complexity index is 1160. The first kappa shape index (κ1) is 17.5. The van der Waals surface area contributed by atoms with Gasteiger partial charge >= 0.3 is 11.6 Å². The number of amides is 2. The summed E-state index contributed by atoms with van der Waals surface area (Å²) >= 11 is 0. The summed E-state index contributed by atoms with van der Waals surface area (Å²) in [6, 6.07) is 12.3. The van der Waals surface area contributed by atoms with Crippen LogP contribution in [0.1, 0.15) is 26.3 Å². The maximum Gasteiger partial charge on any atom is 0.370 e. The molecule has 0 spiro atoms. The molecule has 0 unspecified atom stereocenters. The molecule has 1 aliphatic rings. The highest BCUT2D eigenvalue weighted by Crippen LogP contribution is 2.24. The highest BCUT2D eigenvalue weighted by Gasteiger charge is 2.38. The number of hydrogen-bond donors (Lipinski definition) is 0. The number of hydroxylamine groups is 2. The number of fused-ring (bicyclic) bond motifs is 2. The average Bonchev–Trinajstić information content (AvgIpc) is 2.91.